The number of halogens is 1. The van der Waals surface area contributed by atoms with E-state index in [1.165, 1.54) is 10.6 Å². The van der Waals surface area contributed by atoms with Gasteiger partial charge in [-0.25, -0.2) is 4.39 Å². The average molecular weight is 484 g/mol. The van der Waals surface area contributed by atoms with Gasteiger partial charge in [0.15, 0.2) is 5.76 Å². The predicted octanol–water partition coefficient (Wildman–Crippen LogP) is 1.11. The summed E-state index contributed by atoms with van der Waals surface area (Å²) in [5.74, 6) is 2.03. The van der Waals surface area contributed by atoms with Crippen molar-refractivity contribution in [3.8, 4) is 17.3 Å². The van der Waals surface area contributed by atoms with Crippen LogP contribution in [0.3, 0.4) is 0 Å². The first-order valence-electron chi connectivity index (χ1n) is 11.3. The van der Waals surface area contributed by atoms with Crippen molar-refractivity contribution in [2.24, 2.45) is 0 Å². The molecule has 0 amide bonds. The molecule has 1 aliphatic heterocycles. The molecule has 13 heteroatoms. The summed E-state index contributed by atoms with van der Waals surface area (Å²) in [6, 6.07) is 8.16. The second-order valence-electron chi connectivity index (χ2n) is 7.97. The largest absolute Gasteiger partial charge is 0.491 e. The van der Waals surface area contributed by atoms with Crippen molar-refractivity contribution in [3.05, 3.63) is 42.4 Å². The molecule has 0 spiro atoms. The maximum Gasteiger partial charge on any atom is 0.259 e. The van der Waals surface area contributed by atoms with Crippen LogP contribution < -0.4 is 20.7 Å². The quantitative estimate of drug-likeness (QED) is 0.315. The van der Waals surface area contributed by atoms with Crippen LogP contribution in [0.1, 0.15) is 0 Å². The molecule has 4 aromatic rings. The number of hydrogen-bond donors (Lipinski definition) is 3. The van der Waals surface area contributed by atoms with Crippen molar-refractivity contribution >= 4 is 23.4 Å². The Hall–Kier alpha value is -3.97. The Balaban J connectivity index is 1.14. The number of fused-ring (bicyclic) bond motifs is 1. The lowest BCUT2D eigenvalue weighted by Crippen LogP contribution is -2.48. The normalized spacial score (nSPS) is 14.5. The van der Waals surface area contributed by atoms with Crippen LogP contribution >= 0.6 is 0 Å². The molecule has 4 heterocycles. The third-order valence-electron chi connectivity index (χ3n) is 5.68. The van der Waals surface area contributed by atoms with E-state index in [-0.39, 0.29) is 25.0 Å². The van der Waals surface area contributed by atoms with E-state index in [4.69, 9.17) is 20.0 Å². The molecule has 0 saturated carbocycles. The van der Waals surface area contributed by atoms with Gasteiger partial charge in [-0.1, -0.05) is 0 Å². The number of nitrogens with two attached hydrogens (primary N) is 1. The maximum atomic E-state index is 14.4. The molecule has 1 saturated heterocycles. The average Bonchev–Trinajstić information content (AvgIpc) is 3.55. The summed E-state index contributed by atoms with van der Waals surface area (Å²) in [6.45, 7) is 4.38. The van der Waals surface area contributed by atoms with E-state index in [1.807, 2.05) is 4.90 Å². The number of rotatable bonds is 9. The fourth-order valence-corrected chi connectivity index (χ4v) is 3.92. The van der Waals surface area contributed by atoms with Gasteiger partial charge >= 0.3 is 0 Å². The number of nitrogens with one attached hydrogen (secondary N) is 1. The molecule has 1 aromatic carbocycles. The highest BCUT2D eigenvalue weighted by Crippen LogP contribution is 2.26. The minimum atomic E-state index is -0.287. The zero-order valence-corrected chi connectivity index (χ0v) is 19.0. The first-order chi connectivity index (χ1) is 17.1. The number of aliphatic hydroxyl groups excluding tert-OH is 1. The minimum Gasteiger partial charge on any atom is -0.491 e. The number of ether oxygens (including phenoxy) is 1. The molecule has 1 aliphatic rings. The smallest absolute Gasteiger partial charge is 0.259 e. The van der Waals surface area contributed by atoms with Crippen LogP contribution in [0.2, 0.25) is 0 Å². The number of furan rings is 1. The van der Waals surface area contributed by atoms with Gasteiger partial charge in [-0.3, -0.25) is 4.90 Å². The molecule has 184 valence electrons. The van der Waals surface area contributed by atoms with Crippen molar-refractivity contribution < 1.29 is 18.7 Å². The number of nitrogen functional groups attached to an aromatic ring is 1. The van der Waals surface area contributed by atoms with E-state index in [0.717, 1.165) is 19.6 Å². The molecule has 0 radical (unpaired) electrons. The van der Waals surface area contributed by atoms with E-state index in [1.54, 1.807) is 30.5 Å². The Morgan fingerprint density at radius 1 is 1.14 bits per heavy atom. The van der Waals surface area contributed by atoms with Crippen LogP contribution in [0, 0.1) is 5.82 Å². The lowest BCUT2D eigenvalue weighted by Gasteiger charge is -2.36. The van der Waals surface area contributed by atoms with Crippen molar-refractivity contribution in [3.63, 3.8) is 0 Å². The highest BCUT2D eigenvalue weighted by atomic mass is 19.1. The number of aromatic nitrogens is 5. The van der Waals surface area contributed by atoms with Gasteiger partial charge in [-0.05, 0) is 24.3 Å². The van der Waals surface area contributed by atoms with Crippen LogP contribution in [0.4, 0.5) is 22.0 Å². The molecular weight excluding hydrogens is 457 g/mol. The fourth-order valence-electron chi connectivity index (χ4n) is 3.92. The third kappa shape index (κ3) is 5.10. The van der Waals surface area contributed by atoms with Crippen molar-refractivity contribution in [2.45, 2.75) is 0 Å². The van der Waals surface area contributed by atoms with Gasteiger partial charge in [0.2, 0.25) is 17.7 Å². The third-order valence-corrected chi connectivity index (χ3v) is 5.68. The lowest BCUT2D eigenvalue weighted by atomic mass is 10.2. The Bertz CT molecular complexity index is 1270. The minimum absolute atomic E-state index is 0.0874. The number of nitrogens with zero attached hydrogens (tertiary/aromatic N) is 7. The van der Waals surface area contributed by atoms with Crippen molar-refractivity contribution in [2.75, 3.05) is 68.4 Å². The Morgan fingerprint density at radius 3 is 2.77 bits per heavy atom. The van der Waals surface area contributed by atoms with Gasteiger partial charge in [0, 0.05) is 45.3 Å². The second-order valence-corrected chi connectivity index (χ2v) is 7.97. The number of piperazine rings is 1. The van der Waals surface area contributed by atoms with Crippen LogP contribution in [0.25, 0.3) is 17.4 Å². The maximum absolute atomic E-state index is 14.4. The predicted molar refractivity (Wildman–Crippen MR) is 127 cm³/mol. The molecule has 0 bridgehead atoms. The van der Waals surface area contributed by atoms with Gasteiger partial charge in [0.25, 0.3) is 5.78 Å². The molecule has 1 fully saturated rings. The van der Waals surface area contributed by atoms with Gasteiger partial charge < -0.3 is 30.2 Å². The highest BCUT2D eigenvalue weighted by molar-refractivity contribution is 5.53. The number of benzene rings is 1. The van der Waals surface area contributed by atoms with Gasteiger partial charge in [0.1, 0.15) is 18.2 Å². The van der Waals surface area contributed by atoms with E-state index in [2.05, 4.69) is 30.3 Å². The van der Waals surface area contributed by atoms with Gasteiger partial charge in [-0.2, -0.15) is 19.5 Å². The second kappa shape index (κ2) is 10.1. The van der Waals surface area contributed by atoms with Crippen LogP contribution in [0.5, 0.6) is 5.75 Å². The first kappa shape index (κ1) is 22.8. The standard InChI is InChI=1S/C22H26FN9O3/c23-16-4-3-15(34-13-11-33)14-17(16)31-9-7-30(8-10-31)6-5-25-21-27-20(24)32-22(28-21)26-19(29-32)18-2-1-12-35-18/h1-4,12,14,33H,5-11,13H2,(H3,24,25,26,27,28,29). The Labute approximate surface area is 200 Å². The molecule has 12 nitrogen and oxygen atoms in total. The number of hydrogen-bond acceptors (Lipinski definition) is 11. The van der Waals surface area contributed by atoms with Crippen LogP contribution in [0.15, 0.2) is 41.0 Å². The van der Waals surface area contributed by atoms with Crippen molar-refractivity contribution in [1.29, 1.82) is 0 Å². The Morgan fingerprint density at radius 2 is 2.00 bits per heavy atom. The summed E-state index contributed by atoms with van der Waals surface area (Å²) in [4.78, 5) is 17.3. The molecular formula is C22H26FN9O3. The van der Waals surface area contributed by atoms with E-state index in [9.17, 15) is 4.39 Å². The number of aliphatic hydroxyl groups is 1. The molecule has 0 atom stereocenters. The van der Waals surface area contributed by atoms with Crippen LogP contribution in [-0.4, -0.2) is 87.1 Å². The summed E-state index contributed by atoms with van der Waals surface area (Å²) in [5.41, 5.74) is 6.54. The molecule has 35 heavy (non-hydrogen) atoms. The summed E-state index contributed by atoms with van der Waals surface area (Å²) in [6.07, 6.45) is 1.55. The summed E-state index contributed by atoms with van der Waals surface area (Å²) < 4.78 is 26.5. The Kier molecular flexibility index (Phi) is 6.59. The van der Waals surface area contributed by atoms with E-state index >= 15 is 0 Å². The summed E-state index contributed by atoms with van der Waals surface area (Å²) in [7, 11) is 0. The molecule has 5 rings (SSSR count). The summed E-state index contributed by atoms with van der Waals surface area (Å²) >= 11 is 0. The van der Waals surface area contributed by atoms with Gasteiger partial charge in [0.05, 0.1) is 18.6 Å². The van der Waals surface area contributed by atoms with E-state index < -0.39 is 0 Å². The first-order valence-corrected chi connectivity index (χ1v) is 11.3. The summed E-state index contributed by atoms with van der Waals surface area (Å²) in [5, 5.41) is 16.4. The zero-order valence-electron chi connectivity index (χ0n) is 19.0. The van der Waals surface area contributed by atoms with Crippen molar-refractivity contribution in [1.82, 2.24) is 29.5 Å². The number of anilines is 3. The monoisotopic (exact) mass is 483 g/mol. The van der Waals surface area contributed by atoms with E-state index in [0.29, 0.717) is 54.4 Å². The molecule has 0 aliphatic carbocycles. The lowest BCUT2D eigenvalue weighted by molar-refractivity contribution is 0.201. The molecule has 3 aromatic heterocycles. The highest BCUT2D eigenvalue weighted by Gasteiger charge is 2.20. The fraction of sp³-hybridized carbons (Fsp3) is 0.364. The van der Waals surface area contributed by atoms with Gasteiger partial charge in [-0.15, -0.1) is 5.10 Å². The van der Waals surface area contributed by atoms with Crippen LogP contribution in [-0.2, 0) is 0 Å². The molecule has 0 unspecified atom stereocenters. The SMILES string of the molecule is Nc1nc(NCCN2CCN(c3cc(OCCO)ccc3F)CC2)nc2nc(-c3ccco3)nn12. The topological polar surface area (TPSA) is 143 Å². The molecule has 4 N–H and O–H groups in total. The zero-order chi connectivity index (χ0) is 24.2.